The minimum absolute atomic E-state index is 0.00406. The van der Waals surface area contributed by atoms with Crippen molar-refractivity contribution in [2.24, 2.45) is 17.8 Å². The predicted octanol–water partition coefficient (Wildman–Crippen LogP) is 6.16. The van der Waals surface area contributed by atoms with Crippen molar-refractivity contribution in [3.63, 3.8) is 0 Å². The first kappa shape index (κ1) is 31.2. The van der Waals surface area contributed by atoms with Crippen LogP contribution in [-0.4, -0.2) is 62.2 Å². The van der Waals surface area contributed by atoms with Gasteiger partial charge in [0.2, 0.25) is 11.8 Å². The Hall–Kier alpha value is -1.35. The van der Waals surface area contributed by atoms with E-state index in [2.05, 4.69) is 5.32 Å². The molecule has 1 aliphatic carbocycles. The molecule has 1 saturated carbocycles. The standard InChI is InChI=1S/C29H44ClF3N2O3/c1-34-19-22(17-21-10-13-28(32,33)14-11-21)18-26(36)35-15-6-7-23(20-35)29(37,12-3-4-16-38-2)24-8-5-9-25(30)27(24)31/h5,8-9,21-23,34,37H,3-4,6-7,10-20H2,1-2H3/t22-,23-,29+/m1/s1. The molecule has 1 heterocycles. The van der Waals surface area contributed by atoms with Gasteiger partial charge in [-0.2, -0.15) is 0 Å². The molecule has 1 aliphatic heterocycles. The van der Waals surface area contributed by atoms with E-state index in [-0.39, 0.29) is 47.1 Å². The lowest BCUT2D eigenvalue weighted by molar-refractivity contribution is -0.138. The lowest BCUT2D eigenvalue weighted by atomic mass is 9.73. The molecule has 1 saturated heterocycles. The van der Waals surface area contributed by atoms with Gasteiger partial charge in [-0.05, 0) is 82.9 Å². The van der Waals surface area contributed by atoms with Crippen molar-refractivity contribution >= 4 is 17.5 Å². The highest BCUT2D eigenvalue weighted by Crippen LogP contribution is 2.42. The maximum atomic E-state index is 15.2. The summed E-state index contributed by atoms with van der Waals surface area (Å²) in [5.41, 5.74) is -1.27. The van der Waals surface area contributed by atoms with E-state index in [0.29, 0.717) is 71.2 Å². The largest absolute Gasteiger partial charge is 0.385 e. The number of ether oxygens (including phenoxy) is 1. The van der Waals surface area contributed by atoms with Crippen LogP contribution in [0.5, 0.6) is 0 Å². The zero-order valence-corrected chi connectivity index (χ0v) is 23.5. The van der Waals surface area contributed by atoms with Crippen molar-refractivity contribution in [2.75, 3.05) is 40.4 Å². The third-order valence-corrected chi connectivity index (χ3v) is 8.78. The number of carbonyl (C=O) groups excluding carboxylic acids is 1. The van der Waals surface area contributed by atoms with Crippen LogP contribution in [0, 0.1) is 23.6 Å². The number of halogens is 4. The number of likely N-dealkylation sites (tertiary alicyclic amines) is 1. The van der Waals surface area contributed by atoms with Crippen LogP contribution in [0.2, 0.25) is 5.02 Å². The number of aliphatic hydroxyl groups is 1. The average molecular weight is 561 g/mol. The van der Waals surface area contributed by atoms with Gasteiger partial charge in [0, 0.05) is 57.6 Å². The molecule has 38 heavy (non-hydrogen) atoms. The van der Waals surface area contributed by atoms with Gasteiger partial charge in [-0.15, -0.1) is 0 Å². The number of nitrogens with zero attached hydrogens (tertiary/aromatic N) is 1. The topological polar surface area (TPSA) is 61.8 Å². The van der Waals surface area contributed by atoms with Crippen LogP contribution in [0.1, 0.15) is 76.2 Å². The second-order valence-electron chi connectivity index (χ2n) is 11.3. The Morgan fingerprint density at radius 2 is 2.03 bits per heavy atom. The van der Waals surface area contributed by atoms with Crippen molar-refractivity contribution in [2.45, 2.75) is 82.2 Å². The lowest BCUT2D eigenvalue weighted by Crippen LogP contribution is -2.49. The van der Waals surface area contributed by atoms with Gasteiger partial charge < -0.3 is 20.1 Å². The number of benzene rings is 1. The minimum Gasteiger partial charge on any atom is -0.385 e. The number of amides is 1. The Morgan fingerprint density at radius 1 is 1.29 bits per heavy atom. The van der Waals surface area contributed by atoms with E-state index in [4.69, 9.17) is 16.3 Å². The summed E-state index contributed by atoms with van der Waals surface area (Å²) in [4.78, 5) is 15.2. The van der Waals surface area contributed by atoms with Crippen molar-refractivity contribution in [1.29, 1.82) is 0 Å². The summed E-state index contributed by atoms with van der Waals surface area (Å²) in [5.74, 6) is -3.24. The zero-order chi connectivity index (χ0) is 27.8. The number of unbranched alkanes of at least 4 members (excludes halogenated alkanes) is 1. The molecular weight excluding hydrogens is 517 g/mol. The summed E-state index contributed by atoms with van der Waals surface area (Å²) in [6.45, 7) is 2.13. The van der Waals surface area contributed by atoms with Gasteiger partial charge in [-0.25, -0.2) is 13.2 Å². The second-order valence-corrected chi connectivity index (χ2v) is 11.7. The Bertz CT molecular complexity index is 896. The van der Waals surface area contributed by atoms with Crippen LogP contribution in [0.25, 0.3) is 0 Å². The SMILES string of the molecule is CNC[C@@H](CC(=O)N1CCC[C@@H]([C@@](O)(CCCCOC)c2cccc(Cl)c2F)C1)CC1CCC(F)(F)CC1. The molecule has 2 N–H and O–H groups in total. The Balaban J connectivity index is 1.70. The highest BCUT2D eigenvalue weighted by molar-refractivity contribution is 6.30. The molecular formula is C29H44ClF3N2O3. The van der Waals surface area contributed by atoms with Crippen LogP contribution >= 0.6 is 11.6 Å². The molecule has 1 aromatic carbocycles. The fourth-order valence-electron chi connectivity index (χ4n) is 6.34. The van der Waals surface area contributed by atoms with Crippen LogP contribution < -0.4 is 5.32 Å². The van der Waals surface area contributed by atoms with Crippen LogP contribution in [0.3, 0.4) is 0 Å². The molecule has 5 nitrogen and oxygen atoms in total. The van der Waals surface area contributed by atoms with E-state index in [0.717, 1.165) is 12.8 Å². The average Bonchev–Trinajstić information content (AvgIpc) is 2.89. The monoisotopic (exact) mass is 560 g/mol. The van der Waals surface area contributed by atoms with Crippen LogP contribution in [0.4, 0.5) is 13.2 Å². The van der Waals surface area contributed by atoms with Crippen molar-refractivity contribution < 1.29 is 27.8 Å². The van der Waals surface area contributed by atoms with E-state index in [9.17, 15) is 18.7 Å². The molecule has 1 amide bonds. The van der Waals surface area contributed by atoms with E-state index >= 15 is 4.39 Å². The van der Waals surface area contributed by atoms with E-state index < -0.39 is 17.3 Å². The molecule has 0 radical (unpaired) electrons. The van der Waals surface area contributed by atoms with Gasteiger partial charge in [-0.3, -0.25) is 4.79 Å². The summed E-state index contributed by atoms with van der Waals surface area (Å²) in [5, 5.41) is 15.1. The number of hydrogen-bond donors (Lipinski definition) is 2. The molecule has 216 valence electrons. The molecule has 0 aromatic heterocycles. The van der Waals surface area contributed by atoms with Crippen molar-refractivity contribution in [3.8, 4) is 0 Å². The summed E-state index contributed by atoms with van der Waals surface area (Å²) >= 11 is 6.09. The van der Waals surface area contributed by atoms with Crippen LogP contribution in [-0.2, 0) is 15.1 Å². The van der Waals surface area contributed by atoms with Crippen LogP contribution in [0.15, 0.2) is 18.2 Å². The summed E-state index contributed by atoms with van der Waals surface area (Å²) in [6, 6.07) is 4.71. The number of alkyl halides is 2. The molecule has 3 rings (SSSR count). The quantitative estimate of drug-likeness (QED) is 0.284. The second kappa shape index (κ2) is 14.3. The number of nitrogens with one attached hydrogen (secondary N) is 1. The molecule has 9 heteroatoms. The molecule has 3 atom stereocenters. The third-order valence-electron chi connectivity index (χ3n) is 8.48. The highest BCUT2D eigenvalue weighted by Gasteiger charge is 2.43. The summed E-state index contributed by atoms with van der Waals surface area (Å²) < 4.78 is 47.5. The normalized spacial score (nSPS) is 22.7. The molecule has 2 fully saturated rings. The maximum Gasteiger partial charge on any atom is 0.248 e. The fraction of sp³-hybridized carbons (Fsp3) is 0.759. The first-order chi connectivity index (χ1) is 18.1. The molecule has 2 aliphatic rings. The molecule has 0 bridgehead atoms. The number of rotatable bonds is 13. The van der Waals surface area contributed by atoms with Gasteiger partial charge in [-0.1, -0.05) is 23.7 Å². The summed E-state index contributed by atoms with van der Waals surface area (Å²) in [7, 11) is 3.46. The number of methoxy groups -OCH3 is 1. The number of hydrogen-bond acceptors (Lipinski definition) is 4. The molecule has 0 unspecified atom stereocenters. The third kappa shape index (κ3) is 8.33. The highest BCUT2D eigenvalue weighted by atomic mass is 35.5. The first-order valence-electron chi connectivity index (χ1n) is 14.1. The van der Waals surface area contributed by atoms with Crippen molar-refractivity contribution in [3.05, 3.63) is 34.6 Å². The lowest BCUT2D eigenvalue weighted by Gasteiger charge is -2.43. The Kier molecular flexibility index (Phi) is 11.8. The maximum absolute atomic E-state index is 15.2. The smallest absolute Gasteiger partial charge is 0.248 e. The zero-order valence-electron chi connectivity index (χ0n) is 22.8. The fourth-order valence-corrected chi connectivity index (χ4v) is 6.52. The van der Waals surface area contributed by atoms with Crippen molar-refractivity contribution in [1.82, 2.24) is 10.2 Å². The molecule has 1 aromatic rings. The van der Waals surface area contributed by atoms with E-state index in [1.165, 1.54) is 6.07 Å². The first-order valence-corrected chi connectivity index (χ1v) is 14.4. The minimum atomic E-state index is -2.56. The van der Waals surface area contributed by atoms with Gasteiger partial charge >= 0.3 is 0 Å². The number of piperidine rings is 1. The Labute approximate surface area is 230 Å². The molecule has 0 spiro atoms. The van der Waals surface area contributed by atoms with E-state index in [1.54, 1.807) is 24.1 Å². The summed E-state index contributed by atoms with van der Waals surface area (Å²) in [6.07, 6.45) is 5.03. The Morgan fingerprint density at radius 3 is 2.71 bits per heavy atom. The van der Waals surface area contributed by atoms with Gasteiger partial charge in [0.05, 0.1) is 10.6 Å². The van der Waals surface area contributed by atoms with E-state index in [1.807, 2.05) is 7.05 Å². The van der Waals surface area contributed by atoms with Gasteiger partial charge in [0.25, 0.3) is 0 Å². The number of carbonyl (C=O) groups is 1. The van der Waals surface area contributed by atoms with Gasteiger partial charge in [0.1, 0.15) is 5.82 Å². The predicted molar refractivity (Wildman–Crippen MR) is 144 cm³/mol. The van der Waals surface area contributed by atoms with Gasteiger partial charge in [0.15, 0.2) is 0 Å².